The largest absolute Gasteiger partial charge is 0.477 e. The van der Waals surface area contributed by atoms with Crippen molar-refractivity contribution in [2.75, 3.05) is 19.0 Å². The van der Waals surface area contributed by atoms with Gasteiger partial charge in [-0.25, -0.2) is 19.2 Å². The number of anilines is 1. The summed E-state index contributed by atoms with van der Waals surface area (Å²) in [6.07, 6.45) is 0. The van der Waals surface area contributed by atoms with Gasteiger partial charge in [-0.3, -0.25) is 0 Å². The van der Waals surface area contributed by atoms with Gasteiger partial charge < -0.3 is 10.0 Å². The Morgan fingerprint density at radius 1 is 1.21 bits per heavy atom. The predicted octanol–water partition coefficient (Wildman–Crippen LogP) is 2.05. The molecular formula is C13H12FN3O2. The minimum atomic E-state index is -1.13. The summed E-state index contributed by atoms with van der Waals surface area (Å²) in [7, 11) is 3.50. The number of carbonyl (C=O) groups is 1. The molecule has 98 valence electrons. The van der Waals surface area contributed by atoms with E-state index in [-0.39, 0.29) is 17.3 Å². The van der Waals surface area contributed by atoms with Gasteiger partial charge in [-0.1, -0.05) is 0 Å². The lowest BCUT2D eigenvalue weighted by atomic mass is 10.2. The summed E-state index contributed by atoms with van der Waals surface area (Å²) >= 11 is 0. The summed E-state index contributed by atoms with van der Waals surface area (Å²) in [6.45, 7) is 0. The molecule has 0 aliphatic carbocycles. The SMILES string of the molecule is CN(C)c1cc(C(=O)O)nc(-c2ccc(F)cc2)n1. The second kappa shape index (κ2) is 5.01. The zero-order valence-electron chi connectivity index (χ0n) is 10.5. The normalized spacial score (nSPS) is 10.3. The van der Waals surface area contributed by atoms with E-state index in [4.69, 9.17) is 5.11 Å². The molecule has 1 aromatic carbocycles. The monoisotopic (exact) mass is 261 g/mol. The highest BCUT2D eigenvalue weighted by Gasteiger charge is 2.12. The van der Waals surface area contributed by atoms with Crippen molar-refractivity contribution in [2.45, 2.75) is 0 Å². The van der Waals surface area contributed by atoms with Crippen molar-refractivity contribution in [3.05, 3.63) is 41.8 Å². The van der Waals surface area contributed by atoms with Crippen molar-refractivity contribution in [1.82, 2.24) is 9.97 Å². The Labute approximate surface area is 109 Å². The zero-order valence-corrected chi connectivity index (χ0v) is 10.5. The van der Waals surface area contributed by atoms with Crippen molar-refractivity contribution < 1.29 is 14.3 Å². The number of aromatic carboxylic acids is 1. The van der Waals surface area contributed by atoms with Crippen LogP contribution in [0.15, 0.2) is 30.3 Å². The molecule has 1 heterocycles. The molecule has 0 amide bonds. The van der Waals surface area contributed by atoms with Crippen LogP contribution >= 0.6 is 0 Å². The number of hydrogen-bond acceptors (Lipinski definition) is 4. The number of rotatable bonds is 3. The van der Waals surface area contributed by atoms with E-state index in [1.54, 1.807) is 19.0 Å². The first kappa shape index (κ1) is 12.9. The molecule has 0 saturated carbocycles. The van der Waals surface area contributed by atoms with Gasteiger partial charge in [0, 0.05) is 25.7 Å². The summed E-state index contributed by atoms with van der Waals surface area (Å²) in [4.78, 5) is 20.9. The minimum Gasteiger partial charge on any atom is -0.477 e. The summed E-state index contributed by atoms with van der Waals surface area (Å²) in [5.74, 6) is -0.768. The molecule has 0 aliphatic heterocycles. The van der Waals surface area contributed by atoms with Crippen molar-refractivity contribution >= 4 is 11.8 Å². The van der Waals surface area contributed by atoms with E-state index in [1.165, 1.54) is 30.3 Å². The third-order valence-electron chi connectivity index (χ3n) is 2.49. The second-order valence-corrected chi connectivity index (χ2v) is 4.14. The van der Waals surface area contributed by atoms with Gasteiger partial charge in [-0.05, 0) is 24.3 Å². The van der Waals surface area contributed by atoms with Gasteiger partial charge in [0.05, 0.1) is 0 Å². The standard InChI is InChI=1S/C13H12FN3O2/c1-17(2)11-7-10(13(18)19)15-12(16-11)8-3-5-9(14)6-4-8/h3-7H,1-2H3,(H,18,19). The van der Waals surface area contributed by atoms with Crippen molar-refractivity contribution in [2.24, 2.45) is 0 Å². The Morgan fingerprint density at radius 2 is 1.84 bits per heavy atom. The van der Waals surface area contributed by atoms with Gasteiger partial charge >= 0.3 is 5.97 Å². The van der Waals surface area contributed by atoms with E-state index >= 15 is 0 Å². The summed E-state index contributed by atoms with van der Waals surface area (Å²) in [5, 5.41) is 9.04. The first-order valence-electron chi connectivity index (χ1n) is 5.53. The molecular weight excluding hydrogens is 249 g/mol. The molecule has 0 fully saturated rings. The number of hydrogen-bond donors (Lipinski definition) is 1. The topological polar surface area (TPSA) is 66.3 Å². The highest BCUT2D eigenvalue weighted by molar-refractivity contribution is 5.87. The van der Waals surface area contributed by atoms with Gasteiger partial charge in [0.15, 0.2) is 11.5 Å². The third kappa shape index (κ3) is 2.85. The van der Waals surface area contributed by atoms with Gasteiger partial charge in [-0.2, -0.15) is 0 Å². The Balaban J connectivity index is 2.55. The molecule has 0 saturated heterocycles. The Morgan fingerprint density at radius 3 is 2.37 bits per heavy atom. The molecule has 0 radical (unpaired) electrons. The van der Waals surface area contributed by atoms with Gasteiger partial charge in [0.2, 0.25) is 0 Å². The highest BCUT2D eigenvalue weighted by Crippen LogP contribution is 2.19. The summed E-state index contributed by atoms with van der Waals surface area (Å²) in [5.41, 5.74) is 0.464. The van der Waals surface area contributed by atoms with Crippen LogP contribution in [0.2, 0.25) is 0 Å². The molecule has 1 aromatic heterocycles. The quantitative estimate of drug-likeness (QED) is 0.915. The Bertz CT molecular complexity index is 612. The van der Waals surface area contributed by atoms with Crippen LogP contribution in [-0.2, 0) is 0 Å². The molecule has 5 nitrogen and oxygen atoms in total. The van der Waals surface area contributed by atoms with E-state index in [2.05, 4.69) is 9.97 Å². The van der Waals surface area contributed by atoms with E-state index in [0.717, 1.165) is 0 Å². The lowest BCUT2D eigenvalue weighted by Crippen LogP contribution is -2.14. The second-order valence-electron chi connectivity index (χ2n) is 4.14. The smallest absolute Gasteiger partial charge is 0.354 e. The predicted molar refractivity (Wildman–Crippen MR) is 68.7 cm³/mol. The van der Waals surface area contributed by atoms with Gasteiger partial charge in [0.1, 0.15) is 11.6 Å². The average molecular weight is 261 g/mol. The lowest BCUT2D eigenvalue weighted by Gasteiger charge is -2.13. The van der Waals surface area contributed by atoms with Crippen molar-refractivity contribution in [1.29, 1.82) is 0 Å². The van der Waals surface area contributed by atoms with Gasteiger partial charge in [0.25, 0.3) is 0 Å². The van der Waals surface area contributed by atoms with Gasteiger partial charge in [-0.15, -0.1) is 0 Å². The van der Waals surface area contributed by atoms with Crippen LogP contribution in [0.25, 0.3) is 11.4 Å². The number of carboxylic acids is 1. The van der Waals surface area contributed by atoms with Crippen LogP contribution in [0.3, 0.4) is 0 Å². The van der Waals surface area contributed by atoms with Crippen LogP contribution in [-0.4, -0.2) is 35.1 Å². The van der Waals surface area contributed by atoms with E-state index < -0.39 is 5.97 Å². The molecule has 1 N–H and O–H groups in total. The highest BCUT2D eigenvalue weighted by atomic mass is 19.1. The van der Waals surface area contributed by atoms with Crippen LogP contribution in [0, 0.1) is 5.82 Å². The number of halogens is 1. The average Bonchev–Trinajstić information content (AvgIpc) is 2.39. The molecule has 0 aliphatic rings. The fourth-order valence-corrected chi connectivity index (χ4v) is 1.50. The zero-order chi connectivity index (χ0) is 14.0. The van der Waals surface area contributed by atoms with Crippen LogP contribution in [0.5, 0.6) is 0 Å². The molecule has 0 bridgehead atoms. The maximum Gasteiger partial charge on any atom is 0.354 e. The van der Waals surface area contributed by atoms with E-state index in [9.17, 15) is 9.18 Å². The summed E-state index contributed by atoms with van der Waals surface area (Å²) < 4.78 is 12.9. The van der Waals surface area contributed by atoms with Crippen LogP contribution in [0.4, 0.5) is 10.2 Å². The van der Waals surface area contributed by atoms with Crippen LogP contribution < -0.4 is 4.90 Å². The molecule has 6 heteroatoms. The van der Waals surface area contributed by atoms with Crippen molar-refractivity contribution in [3.8, 4) is 11.4 Å². The number of nitrogens with zero attached hydrogens (tertiary/aromatic N) is 3. The Hall–Kier alpha value is -2.50. The number of carboxylic acid groups (broad SMARTS) is 1. The molecule has 0 unspecified atom stereocenters. The Kier molecular flexibility index (Phi) is 3.41. The first-order valence-corrected chi connectivity index (χ1v) is 5.53. The maximum absolute atomic E-state index is 12.9. The third-order valence-corrected chi connectivity index (χ3v) is 2.49. The fraction of sp³-hybridized carbons (Fsp3) is 0.154. The molecule has 0 atom stereocenters. The van der Waals surface area contributed by atoms with Crippen LogP contribution in [0.1, 0.15) is 10.5 Å². The fourth-order valence-electron chi connectivity index (χ4n) is 1.50. The maximum atomic E-state index is 12.9. The molecule has 0 spiro atoms. The molecule has 2 aromatic rings. The minimum absolute atomic E-state index is 0.0991. The molecule has 2 rings (SSSR count). The molecule has 19 heavy (non-hydrogen) atoms. The number of aromatic nitrogens is 2. The lowest BCUT2D eigenvalue weighted by molar-refractivity contribution is 0.0690. The van der Waals surface area contributed by atoms with Crippen molar-refractivity contribution in [3.63, 3.8) is 0 Å². The first-order chi connectivity index (χ1) is 8.97. The van der Waals surface area contributed by atoms with E-state index in [1.807, 2.05) is 0 Å². The van der Waals surface area contributed by atoms with E-state index in [0.29, 0.717) is 11.4 Å². The summed E-state index contributed by atoms with van der Waals surface area (Å²) in [6, 6.07) is 6.96. The number of benzene rings is 1.